The molecular formula is C18H24F3N3O3. The number of hydrogen-bond donors (Lipinski definition) is 2. The van der Waals surface area contributed by atoms with Crippen molar-refractivity contribution in [3.63, 3.8) is 0 Å². The summed E-state index contributed by atoms with van der Waals surface area (Å²) in [6.45, 7) is 3.70. The Bertz CT molecular complexity index is 698. The molecule has 0 bridgehead atoms. The van der Waals surface area contributed by atoms with Crippen molar-refractivity contribution in [3.05, 3.63) is 53.3 Å². The van der Waals surface area contributed by atoms with Gasteiger partial charge in [0.2, 0.25) is 0 Å². The zero-order valence-corrected chi connectivity index (χ0v) is 15.4. The maximum Gasteiger partial charge on any atom is 0.490 e. The van der Waals surface area contributed by atoms with Crippen LogP contribution in [0.5, 0.6) is 0 Å². The largest absolute Gasteiger partial charge is 0.490 e. The van der Waals surface area contributed by atoms with Crippen LogP contribution in [0.2, 0.25) is 0 Å². The van der Waals surface area contributed by atoms with E-state index in [0.717, 1.165) is 36.5 Å². The fraction of sp³-hybridized carbons (Fsp3) is 0.444. The molecule has 0 aliphatic rings. The minimum Gasteiger partial charge on any atom is -0.475 e. The second-order valence-corrected chi connectivity index (χ2v) is 6.16. The highest BCUT2D eigenvalue weighted by atomic mass is 19.4. The lowest BCUT2D eigenvalue weighted by molar-refractivity contribution is -0.192. The standard InChI is InChI=1S/C16H23N3O.C2HF3O2/c1-13-11-15(17-19(13)3)12-18(2)10-9-16(20)14-7-5-4-6-8-14;3-2(4,5)1(6)7/h4-8,11,16,20H,9-10,12H2,1-3H3;(H,6,7). The van der Waals surface area contributed by atoms with Crippen LogP contribution < -0.4 is 0 Å². The Balaban J connectivity index is 0.000000445. The summed E-state index contributed by atoms with van der Waals surface area (Å²) < 4.78 is 33.6. The van der Waals surface area contributed by atoms with Gasteiger partial charge >= 0.3 is 12.1 Å². The van der Waals surface area contributed by atoms with Gasteiger partial charge in [-0.05, 0) is 32.0 Å². The summed E-state index contributed by atoms with van der Waals surface area (Å²) >= 11 is 0. The Kier molecular flexibility index (Phi) is 8.45. The number of rotatable bonds is 6. The first-order valence-electron chi connectivity index (χ1n) is 8.22. The average molecular weight is 387 g/mol. The average Bonchev–Trinajstić information content (AvgIpc) is 2.90. The molecule has 0 radical (unpaired) electrons. The van der Waals surface area contributed by atoms with Crippen LogP contribution in [-0.4, -0.2) is 50.6 Å². The monoisotopic (exact) mass is 387 g/mol. The number of hydrogen-bond acceptors (Lipinski definition) is 4. The van der Waals surface area contributed by atoms with Gasteiger partial charge in [-0.1, -0.05) is 30.3 Å². The molecule has 1 aromatic heterocycles. The minimum atomic E-state index is -5.08. The normalized spacial score (nSPS) is 12.4. The van der Waals surface area contributed by atoms with E-state index in [1.165, 1.54) is 0 Å². The van der Waals surface area contributed by atoms with Crippen LogP contribution >= 0.6 is 0 Å². The number of aromatic nitrogens is 2. The molecule has 2 aromatic rings. The summed E-state index contributed by atoms with van der Waals surface area (Å²) in [5.41, 5.74) is 3.22. The number of aliphatic hydroxyl groups is 1. The van der Waals surface area contributed by atoms with Gasteiger partial charge in [-0.25, -0.2) is 4.79 Å². The molecule has 1 atom stereocenters. The molecule has 9 heteroatoms. The van der Waals surface area contributed by atoms with Crippen molar-refractivity contribution < 1.29 is 28.2 Å². The SMILES string of the molecule is Cc1cc(CN(C)CCC(O)c2ccccc2)nn1C.O=C(O)C(F)(F)F. The fourth-order valence-electron chi connectivity index (χ4n) is 2.25. The van der Waals surface area contributed by atoms with Crippen LogP contribution in [0.1, 0.15) is 29.5 Å². The maximum absolute atomic E-state index is 10.6. The molecule has 0 spiro atoms. The van der Waals surface area contributed by atoms with E-state index < -0.39 is 18.2 Å². The molecule has 0 saturated carbocycles. The Morgan fingerprint density at radius 1 is 1.30 bits per heavy atom. The highest BCUT2D eigenvalue weighted by molar-refractivity contribution is 5.73. The van der Waals surface area contributed by atoms with Crippen molar-refractivity contribution in [2.24, 2.45) is 7.05 Å². The van der Waals surface area contributed by atoms with E-state index >= 15 is 0 Å². The highest BCUT2D eigenvalue weighted by Gasteiger charge is 2.38. The lowest BCUT2D eigenvalue weighted by Crippen LogP contribution is -2.21. The van der Waals surface area contributed by atoms with Crippen LogP contribution in [0.3, 0.4) is 0 Å². The lowest BCUT2D eigenvalue weighted by atomic mass is 10.1. The number of aryl methyl sites for hydroxylation is 2. The first-order chi connectivity index (χ1) is 12.5. The quantitative estimate of drug-likeness (QED) is 0.797. The Labute approximate surface area is 155 Å². The predicted molar refractivity (Wildman–Crippen MR) is 94.0 cm³/mol. The zero-order valence-electron chi connectivity index (χ0n) is 15.4. The number of aliphatic hydroxyl groups excluding tert-OH is 1. The molecule has 0 amide bonds. The van der Waals surface area contributed by atoms with Crippen LogP contribution in [0, 0.1) is 6.92 Å². The van der Waals surface area contributed by atoms with Gasteiger partial charge < -0.3 is 15.1 Å². The van der Waals surface area contributed by atoms with E-state index in [1.807, 2.05) is 42.1 Å². The highest BCUT2D eigenvalue weighted by Crippen LogP contribution is 2.16. The number of alkyl halides is 3. The van der Waals surface area contributed by atoms with Crippen molar-refractivity contribution >= 4 is 5.97 Å². The van der Waals surface area contributed by atoms with Crippen molar-refractivity contribution in [1.29, 1.82) is 0 Å². The third-order valence-electron chi connectivity index (χ3n) is 3.81. The molecule has 0 aliphatic carbocycles. The Morgan fingerprint density at radius 2 is 1.85 bits per heavy atom. The summed E-state index contributed by atoms with van der Waals surface area (Å²) in [5, 5.41) is 21.7. The predicted octanol–water partition coefficient (Wildman–Crippen LogP) is 2.92. The number of halogens is 3. The van der Waals surface area contributed by atoms with Crippen LogP contribution in [0.4, 0.5) is 13.2 Å². The minimum absolute atomic E-state index is 0.399. The summed E-state index contributed by atoms with van der Waals surface area (Å²) in [6.07, 6.45) is -4.75. The van der Waals surface area contributed by atoms with E-state index in [-0.39, 0.29) is 0 Å². The van der Waals surface area contributed by atoms with E-state index in [2.05, 4.69) is 30.0 Å². The van der Waals surface area contributed by atoms with Gasteiger partial charge in [0.15, 0.2) is 0 Å². The fourth-order valence-corrected chi connectivity index (χ4v) is 2.25. The van der Waals surface area contributed by atoms with Gasteiger partial charge in [0.1, 0.15) is 0 Å². The number of carbonyl (C=O) groups is 1. The number of benzene rings is 1. The molecule has 0 fully saturated rings. The first-order valence-corrected chi connectivity index (χ1v) is 8.22. The zero-order chi connectivity index (χ0) is 20.6. The molecule has 1 aromatic carbocycles. The van der Waals surface area contributed by atoms with Crippen molar-refractivity contribution in [2.75, 3.05) is 13.6 Å². The summed E-state index contributed by atoms with van der Waals surface area (Å²) in [6, 6.07) is 11.9. The number of nitrogens with zero attached hydrogens (tertiary/aromatic N) is 3. The molecule has 150 valence electrons. The molecule has 0 saturated heterocycles. The molecule has 1 unspecified atom stereocenters. The molecule has 2 N–H and O–H groups in total. The molecule has 2 rings (SSSR count). The number of carboxylic acids is 1. The molecule has 0 aliphatic heterocycles. The summed E-state index contributed by atoms with van der Waals surface area (Å²) in [5.74, 6) is -2.76. The topological polar surface area (TPSA) is 78.6 Å². The lowest BCUT2D eigenvalue weighted by Gasteiger charge is -2.18. The van der Waals surface area contributed by atoms with Crippen LogP contribution in [0.15, 0.2) is 36.4 Å². The van der Waals surface area contributed by atoms with Crippen molar-refractivity contribution in [3.8, 4) is 0 Å². The van der Waals surface area contributed by atoms with Gasteiger partial charge in [0.05, 0.1) is 11.8 Å². The summed E-state index contributed by atoms with van der Waals surface area (Å²) in [4.78, 5) is 11.1. The summed E-state index contributed by atoms with van der Waals surface area (Å²) in [7, 11) is 4.01. The Hall–Kier alpha value is -2.39. The second-order valence-electron chi connectivity index (χ2n) is 6.16. The van der Waals surface area contributed by atoms with Gasteiger partial charge in [-0.2, -0.15) is 18.3 Å². The van der Waals surface area contributed by atoms with Gasteiger partial charge in [-0.3, -0.25) is 4.68 Å². The third-order valence-corrected chi connectivity index (χ3v) is 3.81. The molecular weight excluding hydrogens is 363 g/mol. The van der Waals surface area contributed by atoms with Gasteiger partial charge in [-0.15, -0.1) is 0 Å². The van der Waals surface area contributed by atoms with E-state index in [4.69, 9.17) is 9.90 Å². The van der Waals surface area contributed by atoms with Crippen molar-refractivity contribution in [1.82, 2.24) is 14.7 Å². The molecule has 6 nitrogen and oxygen atoms in total. The molecule has 27 heavy (non-hydrogen) atoms. The Morgan fingerprint density at radius 3 is 2.30 bits per heavy atom. The number of carboxylic acid groups (broad SMARTS) is 1. The molecule has 1 heterocycles. The maximum atomic E-state index is 10.6. The van der Waals surface area contributed by atoms with E-state index in [1.54, 1.807) is 0 Å². The van der Waals surface area contributed by atoms with E-state index in [0.29, 0.717) is 0 Å². The number of aliphatic carboxylic acids is 1. The van der Waals surface area contributed by atoms with E-state index in [9.17, 15) is 18.3 Å². The van der Waals surface area contributed by atoms with Crippen LogP contribution in [-0.2, 0) is 18.4 Å². The van der Waals surface area contributed by atoms with Crippen LogP contribution in [0.25, 0.3) is 0 Å². The smallest absolute Gasteiger partial charge is 0.475 e. The van der Waals surface area contributed by atoms with Crippen molar-refractivity contribution in [2.45, 2.75) is 32.2 Å². The third kappa shape index (κ3) is 8.23. The van der Waals surface area contributed by atoms with Gasteiger partial charge in [0, 0.05) is 25.8 Å². The van der Waals surface area contributed by atoms with Gasteiger partial charge in [0.25, 0.3) is 0 Å². The second kappa shape index (κ2) is 10.1. The first kappa shape index (κ1) is 22.7.